The minimum atomic E-state index is -0.439. The molecule has 3 aromatic rings. The van der Waals surface area contributed by atoms with Gasteiger partial charge in [0.15, 0.2) is 11.2 Å². The highest BCUT2D eigenvalue weighted by atomic mass is 16.5. The van der Waals surface area contributed by atoms with Crippen LogP contribution in [0.15, 0.2) is 34.1 Å². The van der Waals surface area contributed by atoms with Crippen molar-refractivity contribution in [1.29, 1.82) is 0 Å². The van der Waals surface area contributed by atoms with Crippen LogP contribution in [0.2, 0.25) is 0 Å². The number of nitrogens with one attached hydrogen (secondary N) is 1. The second kappa shape index (κ2) is 6.79. The summed E-state index contributed by atoms with van der Waals surface area (Å²) in [4.78, 5) is 35.5. The van der Waals surface area contributed by atoms with Gasteiger partial charge < -0.3 is 9.30 Å². The fourth-order valence-corrected chi connectivity index (χ4v) is 2.73. The van der Waals surface area contributed by atoms with E-state index in [1.165, 1.54) is 4.57 Å². The minimum absolute atomic E-state index is 0.381. The second-order valence-electron chi connectivity index (χ2n) is 5.40. The molecule has 0 saturated carbocycles. The van der Waals surface area contributed by atoms with Gasteiger partial charge in [-0.1, -0.05) is 6.92 Å². The molecule has 3 aromatic heterocycles. The predicted molar refractivity (Wildman–Crippen MR) is 90.0 cm³/mol. The van der Waals surface area contributed by atoms with Crippen LogP contribution in [0.5, 0.6) is 0 Å². The van der Waals surface area contributed by atoms with E-state index in [0.717, 1.165) is 12.0 Å². The Bertz CT molecular complexity index is 955. The Labute approximate surface area is 137 Å². The monoisotopic (exact) mass is 329 g/mol. The summed E-state index contributed by atoms with van der Waals surface area (Å²) in [6.45, 7) is 3.34. The quantitative estimate of drug-likeness (QED) is 0.728. The van der Waals surface area contributed by atoms with E-state index in [1.807, 2.05) is 19.1 Å². The first-order valence-electron chi connectivity index (χ1n) is 7.80. The zero-order valence-corrected chi connectivity index (χ0v) is 13.7. The summed E-state index contributed by atoms with van der Waals surface area (Å²) in [6.07, 6.45) is 4.09. The lowest BCUT2D eigenvalue weighted by molar-refractivity contribution is 0.188. The molecule has 0 spiro atoms. The molecule has 0 aliphatic rings. The zero-order chi connectivity index (χ0) is 17.1. The molecule has 0 bridgehead atoms. The highest BCUT2D eigenvalue weighted by Crippen LogP contribution is 2.22. The highest BCUT2D eigenvalue weighted by molar-refractivity contribution is 5.76. The second-order valence-corrected chi connectivity index (χ2v) is 5.40. The summed E-state index contributed by atoms with van der Waals surface area (Å²) in [6, 6.07) is 3.64. The summed E-state index contributed by atoms with van der Waals surface area (Å²) in [5.74, 6) is 0.616. The Kier molecular flexibility index (Phi) is 4.57. The molecule has 0 aromatic carbocycles. The number of ether oxygens (including phenoxy) is 1. The largest absolute Gasteiger partial charge is 0.383 e. The molecule has 8 nitrogen and oxygen atoms in total. The van der Waals surface area contributed by atoms with E-state index in [2.05, 4.69) is 15.0 Å². The van der Waals surface area contributed by atoms with Crippen molar-refractivity contribution in [2.45, 2.75) is 26.4 Å². The Morgan fingerprint density at radius 3 is 2.58 bits per heavy atom. The van der Waals surface area contributed by atoms with Crippen molar-refractivity contribution in [3.8, 4) is 11.4 Å². The molecular formula is C16H19N5O3. The van der Waals surface area contributed by atoms with Crippen LogP contribution >= 0.6 is 0 Å². The van der Waals surface area contributed by atoms with Crippen molar-refractivity contribution in [1.82, 2.24) is 24.1 Å². The fraction of sp³-hybridized carbons (Fsp3) is 0.375. The average Bonchev–Trinajstić information content (AvgIpc) is 2.97. The number of aromatic amines is 1. The molecule has 0 fully saturated rings. The Morgan fingerprint density at radius 2 is 1.92 bits per heavy atom. The van der Waals surface area contributed by atoms with Crippen LogP contribution in [0.4, 0.5) is 0 Å². The van der Waals surface area contributed by atoms with E-state index in [9.17, 15) is 9.59 Å². The van der Waals surface area contributed by atoms with Gasteiger partial charge in [-0.15, -0.1) is 0 Å². The number of hydrogen-bond donors (Lipinski definition) is 1. The summed E-state index contributed by atoms with van der Waals surface area (Å²) in [7, 11) is 1.60. The first-order chi connectivity index (χ1) is 11.7. The molecular weight excluding hydrogens is 310 g/mol. The molecule has 0 radical (unpaired) electrons. The Balaban J connectivity index is 2.35. The number of fused-ring (bicyclic) bond motifs is 1. The highest BCUT2D eigenvalue weighted by Gasteiger charge is 2.19. The standard InChI is InChI=1S/C16H19N5O3/c1-3-8-21-14-12(15(22)19-16(21)23)20(9-10-24-2)13(18-14)11-4-6-17-7-5-11/h4-7H,3,8-10H2,1-2H3,(H,19,22,23). The SMILES string of the molecule is CCCn1c(=O)[nH]c(=O)c2c1nc(-c1ccncc1)n2CCOC. The van der Waals surface area contributed by atoms with Gasteiger partial charge in [0.1, 0.15) is 5.82 Å². The maximum atomic E-state index is 12.4. The molecule has 8 heteroatoms. The normalized spacial score (nSPS) is 11.2. The number of hydrogen-bond acceptors (Lipinski definition) is 5. The van der Waals surface area contributed by atoms with Crippen LogP contribution in [-0.2, 0) is 17.8 Å². The predicted octanol–water partition coefficient (Wildman–Crippen LogP) is 1.00. The lowest BCUT2D eigenvalue weighted by Gasteiger charge is -2.08. The molecule has 3 heterocycles. The van der Waals surface area contributed by atoms with Crippen molar-refractivity contribution in [2.75, 3.05) is 13.7 Å². The van der Waals surface area contributed by atoms with Crippen LogP contribution in [0.25, 0.3) is 22.6 Å². The smallest absolute Gasteiger partial charge is 0.330 e. The van der Waals surface area contributed by atoms with Gasteiger partial charge in [-0.3, -0.25) is 19.3 Å². The van der Waals surface area contributed by atoms with Gasteiger partial charge in [0.25, 0.3) is 5.56 Å². The number of aromatic nitrogens is 5. The van der Waals surface area contributed by atoms with Crippen molar-refractivity contribution in [2.24, 2.45) is 0 Å². The molecule has 0 aliphatic carbocycles. The Hall–Kier alpha value is -2.74. The van der Waals surface area contributed by atoms with E-state index in [-0.39, 0.29) is 0 Å². The Morgan fingerprint density at radius 1 is 1.17 bits per heavy atom. The van der Waals surface area contributed by atoms with Gasteiger partial charge in [-0.2, -0.15) is 0 Å². The molecule has 0 atom stereocenters. The number of imidazole rings is 1. The van der Waals surface area contributed by atoms with Crippen molar-refractivity contribution < 1.29 is 4.74 Å². The van der Waals surface area contributed by atoms with Crippen molar-refractivity contribution >= 4 is 11.2 Å². The van der Waals surface area contributed by atoms with Crippen molar-refractivity contribution in [3.63, 3.8) is 0 Å². The maximum absolute atomic E-state index is 12.4. The van der Waals surface area contributed by atoms with Crippen LogP contribution in [0, 0.1) is 0 Å². The third kappa shape index (κ3) is 2.76. The summed E-state index contributed by atoms with van der Waals surface area (Å²) in [5.41, 5.74) is 0.728. The fourth-order valence-electron chi connectivity index (χ4n) is 2.73. The number of nitrogens with zero attached hydrogens (tertiary/aromatic N) is 4. The summed E-state index contributed by atoms with van der Waals surface area (Å²) in [5, 5.41) is 0. The number of aryl methyl sites for hydroxylation is 1. The van der Waals surface area contributed by atoms with Gasteiger partial charge in [0.05, 0.1) is 6.61 Å². The van der Waals surface area contributed by atoms with Gasteiger partial charge in [0.2, 0.25) is 0 Å². The molecule has 0 saturated heterocycles. The van der Waals surface area contributed by atoms with Crippen LogP contribution in [0.1, 0.15) is 13.3 Å². The van der Waals surface area contributed by atoms with Gasteiger partial charge in [-0.05, 0) is 18.6 Å². The van der Waals surface area contributed by atoms with Gasteiger partial charge in [-0.25, -0.2) is 9.78 Å². The van der Waals surface area contributed by atoms with E-state index in [0.29, 0.717) is 36.7 Å². The first kappa shape index (κ1) is 16.1. The number of pyridine rings is 1. The number of H-pyrrole nitrogens is 1. The van der Waals surface area contributed by atoms with Gasteiger partial charge in [0, 0.05) is 38.2 Å². The van der Waals surface area contributed by atoms with Crippen LogP contribution < -0.4 is 11.2 Å². The maximum Gasteiger partial charge on any atom is 0.330 e. The number of rotatable bonds is 6. The van der Waals surface area contributed by atoms with Gasteiger partial charge >= 0.3 is 5.69 Å². The third-order valence-corrected chi connectivity index (χ3v) is 3.79. The van der Waals surface area contributed by atoms with Crippen LogP contribution in [0.3, 0.4) is 0 Å². The third-order valence-electron chi connectivity index (χ3n) is 3.79. The first-order valence-corrected chi connectivity index (χ1v) is 7.80. The average molecular weight is 329 g/mol. The molecule has 1 N–H and O–H groups in total. The molecule has 0 unspecified atom stereocenters. The molecule has 0 aliphatic heterocycles. The van der Waals surface area contributed by atoms with Crippen molar-refractivity contribution in [3.05, 3.63) is 45.4 Å². The van der Waals surface area contributed by atoms with Crippen LogP contribution in [-0.4, -0.2) is 37.8 Å². The van der Waals surface area contributed by atoms with E-state index >= 15 is 0 Å². The van der Waals surface area contributed by atoms with E-state index in [1.54, 1.807) is 24.1 Å². The minimum Gasteiger partial charge on any atom is -0.383 e. The van der Waals surface area contributed by atoms with E-state index in [4.69, 9.17) is 4.74 Å². The summed E-state index contributed by atoms with van der Waals surface area (Å²) >= 11 is 0. The lowest BCUT2D eigenvalue weighted by Crippen LogP contribution is -2.31. The molecule has 0 amide bonds. The zero-order valence-electron chi connectivity index (χ0n) is 13.7. The molecule has 24 heavy (non-hydrogen) atoms. The number of methoxy groups -OCH3 is 1. The molecule has 126 valence electrons. The summed E-state index contributed by atoms with van der Waals surface area (Å²) < 4.78 is 8.45. The molecule has 3 rings (SSSR count). The lowest BCUT2D eigenvalue weighted by atomic mass is 10.2. The topological polar surface area (TPSA) is 94.8 Å². The van der Waals surface area contributed by atoms with E-state index < -0.39 is 11.2 Å².